The molecule has 0 unspecified atom stereocenters. The van der Waals surface area contributed by atoms with Gasteiger partial charge in [-0.25, -0.2) is 0 Å². The van der Waals surface area contributed by atoms with E-state index < -0.39 is 17.1 Å². The van der Waals surface area contributed by atoms with Crippen LogP contribution in [0.5, 0.6) is 0 Å². The SMILES string of the molecule is CCN(SSN(CC)P1OCC(C)(C)CO1)P1OCC(C)(C)CO1. The molecule has 0 radical (unpaired) electrons. The van der Waals surface area contributed by atoms with E-state index in [1.54, 1.807) is 22.0 Å². The van der Waals surface area contributed by atoms with Gasteiger partial charge < -0.3 is 18.1 Å². The Labute approximate surface area is 157 Å². The monoisotopic (exact) mass is 416 g/mol. The molecule has 6 nitrogen and oxygen atoms in total. The highest BCUT2D eigenvalue weighted by Crippen LogP contribution is 2.59. The van der Waals surface area contributed by atoms with Gasteiger partial charge in [0.25, 0.3) is 17.1 Å². The van der Waals surface area contributed by atoms with Crippen molar-refractivity contribution in [1.82, 2.24) is 8.15 Å². The summed E-state index contributed by atoms with van der Waals surface area (Å²) in [4.78, 5) is 0. The zero-order valence-electron chi connectivity index (χ0n) is 15.5. The third kappa shape index (κ3) is 6.49. The molecule has 0 aliphatic carbocycles. The third-order valence-electron chi connectivity index (χ3n) is 3.37. The standard InChI is InChI=1S/C14H30N2O4P2S2/c1-7-15(21-17-9-13(3,4)10-18-21)23-24-16(8-2)22-19-11-14(5,6)12-20-22/h7-12H2,1-6H3. The largest absolute Gasteiger partial charge is 0.321 e. The molecule has 0 bridgehead atoms. The van der Waals surface area contributed by atoms with Gasteiger partial charge in [-0.15, -0.1) is 0 Å². The molecule has 2 fully saturated rings. The molecule has 0 saturated carbocycles. The lowest BCUT2D eigenvalue weighted by molar-refractivity contribution is 0.0524. The van der Waals surface area contributed by atoms with E-state index in [2.05, 4.69) is 49.7 Å². The van der Waals surface area contributed by atoms with Crippen molar-refractivity contribution in [3.63, 3.8) is 0 Å². The maximum atomic E-state index is 5.94. The van der Waals surface area contributed by atoms with E-state index in [-0.39, 0.29) is 10.8 Å². The minimum absolute atomic E-state index is 0.102. The second-order valence-electron chi connectivity index (χ2n) is 7.38. The van der Waals surface area contributed by atoms with Crippen molar-refractivity contribution in [2.24, 2.45) is 10.8 Å². The van der Waals surface area contributed by atoms with Crippen LogP contribution in [0.4, 0.5) is 0 Å². The molecule has 2 aliphatic heterocycles. The Morgan fingerprint density at radius 2 is 1.00 bits per heavy atom. The first-order valence-corrected chi connectivity index (χ1v) is 12.6. The Morgan fingerprint density at radius 3 is 1.25 bits per heavy atom. The predicted octanol–water partition coefficient (Wildman–Crippen LogP) is 5.44. The summed E-state index contributed by atoms with van der Waals surface area (Å²) in [6.45, 7) is 17.6. The molecular weight excluding hydrogens is 386 g/mol. The average molecular weight is 416 g/mol. The van der Waals surface area contributed by atoms with Gasteiger partial charge in [-0.3, -0.25) is 0 Å². The molecule has 0 N–H and O–H groups in total. The first-order chi connectivity index (χ1) is 11.3. The van der Waals surface area contributed by atoms with Gasteiger partial charge >= 0.3 is 0 Å². The van der Waals surface area contributed by atoms with Crippen LogP contribution >= 0.6 is 39.0 Å². The van der Waals surface area contributed by atoms with E-state index in [1.165, 1.54) is 0 Å². The molecule has 0 amide bonds. The summed E-state index contributed by atoms with van der Waals surface area (Å²) >= 11 is 0. The minimum Gasteiger partial charge on any atom is -0.321 e. The summed E-state index contributed by atoms with van der Waals surface area (Å²) in [5.41, 5.74) is 0.205. The first-order valence-electron chi connectivity index (χ1n) is 8.28. The maximum Gasteiger partial charge on any atom is 0.269 e. The van der Waals surface area contributed by atoms with Crippen molar-refractivity contribution in [2.45, 2.75) is 41.5 Å². The molecule has 0 aromatic heterocycles. The lowest BCUT2D eigenvalue weighted by Crippen LogP contribution is -2.31. The molecule has 0 aromatic rings. The summed E-state index contributed by atoms with van der Waals surface area (Å²) in [6.07, 6.45) is 0. The van der Waals surface area contributed by atoms with Crippen molar-refractivity contribution >= 4 is 39.0 Å². The number of hydrogen-bond acceptors (Lipinski definition) is 8. The lowest BCUT2D eigenvalue weighted by atomic mass is 9.97. The fourth-order valence-electron chi connectivity index (χ4n) is 1.80. The van der Waals surface area contributed by atoms with E-state index in [1.807, 2.05) is 0 Å². The predicted molar refractivity (Wildman–Crippen MR) is 105 cm³/mol. The summed E-state index contributed by atoms with van der Waals surface area (Å²) in [6, 6.07) is 0. The van der Waals surface area contributed by atoms with E-state index >= 15 is 0 Å². The van der Waals surface area contributed by atoms with Crippen LogP contribution in [0, 0.1) is 10.8 Å². The van der Waals surface area contributed by atoms with Crippen LogP contribution in [-0.4, -0.2) is 47.7 Å². The van der Waals surface area contributed by atoms with E-state index in [9.17, 15) is 0 Å². The molecule has 0 spiro atoms. The van der Waals surface area contributed by atoms with Crippen LogP contribution in [0.25, 0.3) is 0 Å². The molecule has 24 heavy (non-hydrogen) atoms. The summed E-state index contributed by atoms with van der Waals surface area (Å²) in [7, 11) is 1.35. The normalized spacial score (nSPS) is 25.5. The van der Waals surface area contributed by atoms with Crippen LogP contribution in [0.3, 0.4) is 0 Å². The lowest BCUT2D eigenvalue weighted by Gasteiger charge is -2.39. The first kappa shape index (κ1) is 21.6. The molecular formula is C14H30N2O4P2S2. The number of hydrogen-bond donors (Lipinski definition) is 0. The fourth-order valence-corrected chi connectivity index (χ4v) is 8.75. The van der Waals surface area contributed by atoms with Gasteiger partial charge in [0.15, 0.2) is 0 Å². The molecule has 142 valence electrons. The van der Waals surface area contributed by atoms with Crippen molar-refractivity contribution in [2.75, 3.05) is 39.5 Å². The van der Waals surface area contributed by atoms with Crippen LogP contribution in [-0.2, 0) is 18.1 Å². The topological polar surface area (TPSA) is 43.4 Å². The highest BCUT2D eigenvalue weighted by Gasteiger charge is 2.36. The highest BCUT2D eigenvalue weighted by atomic mass is 33.1. The van der Waals surface area contributed by atoms with Crippen LogP contribution in [0.1, 0.15) is 41.5 Å². The second kappa shape index (κ2) is 9.50. The van der Waals surface area contributed by atoms with Crippen molar-refractivity contribution in [3.05, 3.63) is 0 Å². The quantitative estimate of drug-likeness (QED) is 0.309. The van der Waals surface area contributed by atoms with Crippen LogP contribution in [0.15, 0.2) is 0 Å². The van der Waals surface area contributed by atoms with Gasteiger partial charge in [0.05, 0.1) is 26.4 Å². The molecule has 0 atom stereocenters. The molecule has 2 saturated heterocycles. The van der Waals surface area contributed by atoms with Gasteiger partial charge in [0, 0.05) is 45.9 Å². The zero-order valence-corrected chi connectivity index (χ0v) is 18.9. The van der Waals surface area contributed by atoms with E-state index in [0.717, 1.165) is 39.5 Å². The zero-order chi connectivity index (χ0) is 17.8. The summed E-state index contributed by atoms with van der Waals surface area (Å²) in [5, 5.41) is 0. The van der Waals surface area contributed by atoms with E-state index in [0.29, 0.717) is 0 Å². The molecule has 2 aliphatic rings. The Hall–Kier alpha value is 1.32. The van der Waals surface area contributed by atoms with Gasteiger partial charge in [0.2, 0.25) is 0 Å². The van der Waals surface area contributed by atoms with Crippen LogP contribution < -0.4 is 0 Å². The Balaban J connectivity index is 1.80. The molecule has 10 heteroatoms. The fraction of sp³-hybridized carbons (Fsp3) is 1.00. The summed E-state index contributed by atoms with van der Waals surface area (Å²) < 4.78 is 28.1. The molecule has 2 rings (SSSR count). The van der Waals surface area contributed by atoms with E-state index in [4.69, 9.17) is 18.1 Å². The Bertz CT molecular complexity index is 351. The molecule has 2 heterocycles. The van der Waals surface area contributed by atoms with Crippen LogP contribution in [0.2, 0.25) is 0 Å². The number of rotatable bonds is 7. The smallest absolute Gasteiger partial charge is 0.269 e. The second-order valence-corrected chi connectivity index (χ2v) is 12.9. The highest BCUT2D eigenvalue weighted by molar-refractivity contribution is 8.76. The third-order valence-corrected chi connectivity index (χ3v) is 10.2. The maximum absolute atomic E-state index is 5.94. The minimum atomic E-state index is -0.988. The summed E-state index contributed by atoms with van der Waals surface area (Å²) in [5.74, 6) is 0. The van der Waals surface area contributed by atoms with Gasteiger partial charge in [-0.1, -0.05) is 41.5 Å². The molecule has 0 aromatic carbocycles. The van der Waals surface area contributed by atoms with Gasteiger partial charge in [-0.05, 0) is 0 Å². The Kier molecular flexibility index (Phi) is 8.55. The van der Waals surface area contributed by atoms with Gasteiger partial charge in [0.1, 0.15) is 0 Å². The van der Waals surface area contributed by atoms with Crippen molar-refractivity contribution in [3.8, 4) is 0 Å². The van der Waals surface area contributed by atoms with Crippen molar-refractivity contribution in [1.29, 1.82) is 0 Å². The Morgan fingerprint density at radius 1 is 0.708 bits per heavy atom. The van der Waals surface area contributed by atoms with Gasteiger partial charge in [-0.2, -0.15) is 8.15 Å². The average Bonchev–Trinajstić information content (AvgIpc) is 2.53. The number of nitrogens with zero attached hydrogens (tertiary/aromatic N) is 2. The van der Waals surface area contributed by atoms with Crippen molar-refractivity contribution < 1.29 is 18.1 Å².